The highest BCUT2D eigenvalue weighted by Crippen LogP contribution is 2.18. The Kier molecular flexibility index (Phi) is 4.19. The number of benzene rings is 2. The van der Waals surface area contributed by atoms with E-state index in [4.69, 9.17) is 0 Å². The first-order valence-electron chi connectivity index (χ1n) is 5.68. The van der Waals surface area contributed by atoms with Crippen molar-refractivity contribution in [1.29, 1.82) is 0 Å². The lowest BCUT2D eigenvalue weighted by Crippen LogP contribution is -1.96. The van der Waals surface area contributed by atoms with E-state index in [1.165, 1.54) is 0 Å². The van der Waals surface area contributed by atoms with Crippen molar-refractivity contribution < 1.29 is 5.11 Å². The monoisotopic (exact) mass is 300 g/mol. The molecule has 2 aromatic rings. The molecule has 90 valence electrons. The second kappa shape index (κ2) is 5.86. The molecule has 1 N–H and O–H groups in total. The van der Waals surface area contributed by atoms with Gasteiger partial charge in [0, 0.05) is 10.0 Å². The van der Waals surface area contributed by atoms with Crippen molar-refractivity contribution in [1.82, 2.24) is 0 Å². The van der Waals surface area contributed by atoms with Gasteiger partial charge < -0.3 is 5.11 Å². The molecule has 0 fully saturated rings. The molecule has 2 rings (SSSR count). The van der Waals surface area contributed by atoms with E-state index in [0.717, 1.165) is 21.2 Å². The van der Waals surface area contributed by atoms with Crippen LogP contribution in [0.3, 0.4) is 0 Å². The number of hydrogen-bond acceptors (Lipinski definition) is 1. The Morgan fingerprint density at radius 1 is 1.06 bits per heavy atom. The molecule has 1 atom stereocenters. The van der Waals surface area contributed by atoms with Crippen molar-refractivity contribution in [3.63, 3.8) is 0 Å². The molecule has 0 aliphatic rings. The van der Waals surface area contributed by atoms with Crippen molar-refractivity contribution in [3.8, 4) is 11.8 Å². The fraction of sp³-hybridized carbons (Fsp3) is 0.125. The molecule has 0 aliphatic carbocycles. The Hall–Kier alpha value is -1.56. The SMILES string of the molecule is Cc1ccccc1C(O)C#Cc1ccccc1Br. The number of aryl methyl sites for hydroxylation is 1. The number of rotatable bonds is 1. The zero-order chi connectivity index (χ0) is 13.0. The van der Waals surface area contributed by atoms with Gasteiger partial charge in [-0.25, -0.2) is 0 Å². The summed E-state index contributed by atoms with van der Waals surface area (Å²) in [7, 11) is 0. The van der Waals surface area contributed by atoms with Gasteiger partial charge in [0.15, 0.2) is 0 Å². The summed E-state index contributed by atoms with van der Waals surface area (Å²) < 4.78 is 0.939. The van der Waals surface area contributed by atoms with Crippen molar-refractivity contribution >= 4 is 15.9 Å². The summed E-state index contributed by atoms with van der Waals surface area (Å²) in [5, 5.41) is 10.1. The Labute approximate surface area is 116 Å². The molecule has 1 nitrogen and oxygen atoms in total. The first kappa shape index (κ1) is 12.9. The molecule has 0 aliphatic heterocycles. The Morgan fingerprint density at radius 3 is 2.44 bits per heavy atom. The third-order valence-corrected chi connectivity index (χ3v) is 3.39. The van der Waals surface area contributed by atoms with E-state index in [0.29, 0.717) is 0 Å². The fourth-order valence-corrected chi connectivity index (χ4v) is 2.06. The van der Waals surface area contributed by atoms with E-state index in [1.54, 1.807) is 0 Å². The first-order chi connectivity index (χ1) is 8.68. The summed E-state index contributed by atoms with van der Waals surface area (Å²) in [4.78, 5) is 0. The normalized spacial score (nSPS) is 11.5. The predicted octanol–water partition coefficient (Wildman–Crippen LogP) is 3.84. The van der Waals surface area contributed by atoms with Gasteiger partial charge in [-0.05, 0) is 46.1 Å². The maximum absolute atomic E-state index is 10.1. The molecule has 2 heteroatoms. The summed E-state index contributed by atoms with van der Waals surface area (Å²) in [6, 6.07) is 15.4. The lowest BCUT2D eigenvalue weighted by molar-refractivity contribution is 0.237. The molecule has 0 amide bonds. The molecular formula is C16H13BrO. The lowest BCUT2D eigenvalue weighted by Gasteiger charge is -2.06. The Morgan fingerprint density at radius 2 is 1.72 bits per heavy atom. The molecule has 0 radical (unpaired) electrons. The summed E-state index contributed by atoms with van der Waals surface area (Å²) in [5.41, 5.74) is 2.79. The van der Waals surface area contributed by atoms with Gasteiger partial charge in [-0.1, -0.05) is 48.2 Å². The van der Waals surface area contributed by atoms with Gasteiger partial charge in [0.1, 0.15) is 6.10 Å². The molecule has 0 saturated carbocycles. The van der Waals surface area contributed by atoms with Gasteiger partial charge >= 0.3 is 0 Å². The molecule has 18 heavy (non-hydrogen) atoms. The first-order valence-corrected chi connectivity index (χ1v) is 6.47. The molecule has 0 spiro atoms. The summed E-state index contributed by atoms with van der Waals surface area (Å²) in [5.74, 6) is 5.86. The van der Waals surface area contributed by atoms with Crippen LogP contribution in [0.15, 0.2) is 53.0 Å². The van der Waals surface area contributed by atoms with Crippen LogP contribution >= 0.6 is 15.9 Å². The third kappa shape index (κ3) is 3.01. The number of halogens is 1. The van der Waals surface area contributed by atoms with Crippen molar-refractivity contribution in [3.05, 3.63) is 69.7 Å². The smallest absolute Gasteiger partial charge is 0.140 e. The van der Waals surface area contributed by atoms with Gasteiger partial charge in [0.25, 0.3) is 0 Å². The standard InChI is InChI=1S/C16H13BrO/c1-12-6-2-4-8-14(12)16(18)11-10-13-7-3-5-9-15(13)17/h2-9,16,18H,1H3. The van der Waals surface area contributed by atoms with Gasteiger partial charge in [-0.3, -0.25) is 0 Å². The maximum Gasteiger partial charge on any atom is 0.140 e. The van der Waals surface area contributed by atoms with Gasteiger partial charge in [0.2, 0.25) is 0 Å². The van der Waals surface area contributed by atoms with Gasteiger partial charge in [-0.15, -0.1) is 0 Å². The van der Waals surface area contributed by atoms with Gasteiger partial charge in [-0.2, -0.15) is 0 Å². The van der Waals surface area contributed by atoms with Gasteiger partial charge in [0.05, 0.1) is 0 Å². The van der Waals surface area contributed by atoms with Crippen LogP contribution in [-0.4, -0.2) is 5.11 Å². The number of aliphatic hydroxyl groups is 1. The lowest BCUT2D eigenvalue weighted by atomic mass is 10.0. The number of hydrogen-bond donors (Lipinski definition) is 1. The molecular weight excluding hydrogens is 288 g/mol. The second-order valence-electron chi connectivity index (χ2n) is 4.01. The third-order valence-electron chi connectivity index (χ3n) is 2.70. The Balaban J connectivity index is 2.26. The van der Waals surface area contributed by atoms with Crippen LogP contribution in [0, 0.1) is 18.8 Å². The van der Waals surface area contributed by atoms with E-state index in [9.17, 15) is 5.11 Å². The molecule has 2 aromatic carbocycles. The highest BCUT2D eigenvalue weighted by molar-refractivity contribution is 9.10. The van der Waals surface area contributed by atoms with Crippen LogP contribution in [0.5, 0.6) is 0 Å². The minimum atomic E-state index is -0.752. The zero-order valence-electron chi connectivity index (χ0n) is 10.0. The summed E-state index contributed by atoms with van der Waals surface area (Å²) in [6.07, 6.45) is -0.752. The van der Waals surface area contributed by atoms with E-state index in [1.807, 2.05) is 55.5 Å². The van der Waals surface area contributed by atoms with E-state index in [-0.39, 0.29) is 0 Å². The van der Waals surface area contributed by atoms with Crippen LogP contribution in [0.25, 0.3) is 0 Å². The van der Waals surface area contributed by atoms with Crippen molar-refractivity contribution in [2.45, 2.75) is 13.0 Å². The molecule has 0 aromatic heterocycles. The topological polar surface area (TPSA) is 20.2 Å². The van der Waals surface area contributed by atoms with Crippen LogP contribution in [-0.2, 0) is 0 Å². The van der Waals surface area contributed by atoms with E-state index in [2.05, 4.69) is 27.8 Å². The quantitative estimate of drug-likeness (QED) is 0.793. The largest absolute Gasteiger partial charge is 0.376 e. The molecule has 0 bridgehead atoms. The number of aliphatic hydroxyl groups excluding tert-OH is 1. The summed E-state index contributed by atoms with van der Waals surface area (Å²) >= 11 is 3.43. The predicted molar refractivity (Wildman–Crippen MR) is 77.2 cm³/mol. The zero-order valence-corrected chi connectivity index (χ0v) is 11.6. The highest BCUT2D eigenvalue weighted by Gasteiger charge is 2.05. The molecule has 0 heterocycles. The highest BCUT2D eigenvalue weighted by atomic mass is 79.9. The van der Waals surface area contributed by atoms with E-state index >= 15 is 0 Å². The molecule has 0 saturated heterocycles. The summed E-state index contributed by atoms with van der Waals surface area (Å²) in [6.45, 7) is 1.97. The average molecular weight is 301 g/mol. The Bertz CT molecular complexity index is 608. The van der Waals surface area contributed by atoms with Crippen LogP contribution in [0.4, 0.5) is 0 Å². The average Bonchev–Trinajstić information content (AvgIpc) is 2.38. The van der Waals surface area contributed by atoms with E-state index < -0.39 is 6.10 Å². The van der Waals surface area contributed by atoms with Crippen LogP contribution in [0.2, 0.25) is 0 Å². The minimum absolute atomic E-state index is 0.752. The van der Waals surface area contributed by atoms with Crippen LogP contribution < -0.4 is 0 Å². The van der Waals surface area contributed by atoms with Crippen molar-refractivity contribution in [2.75, 3.05) is 0 Å². The van der Waals surface area contributed by atoms with Crippen LogP contribution in [0.1, 0.15) is 22.8 Å². The minimum Gasteiger partial charge on any atom is -0.376 e. The second-order valence-corrected chi connectivity index (χ2v) is 4.86. The maximum atomic E-state index is 10.1. The fourth-order valence-electron chi connectivity index (χ4n) is 1.68. The molecule has 1 unspecified atom stereocenters. The van der Waals surface area contributed by atoms with Crippen molar-refractivity contribution in [2.24, 2.45) is 0 Å².